The van der Waals surface area contributed by atoms with Gasteiger partial charge in [-0.15, -0.1) is 0 Å². The van der Waals surface area contributed by atoms with E-state index in [-0.39, 0.29) is 8.41 Å². The van der Waals surface area contributed by atoms with Gasteiger partial charge in [-0.1, -0.05) is 36.5 Å². The second kappa shape index (κ2) is 4.44. The minimum absolute atomic E-state index is 0. The van der Waals surface area contributed by atoms with Crippen LogP contribution in [-0.4, -0.2) is 8.41 Å². The fourth-order valence-corrected chi connectivity index (χ4v) is 0.521. The second-order valence-corrected chi connectivity index (χ2v) is 1.48. The van der Waals surface area contributed by atoms with Crippen LogP contribution >= 0.6 is 0 Å². The van der Waals surface area contributed by atoms with E-state index in [9.17, 15) is 0 Å². The number of allylic oxidation sites excluding steroid dienone is 6. The molecule has 0 atom stereocenters. The molecule has 42 valence electrons. The van der Waals surface area contributed by atoms with Gasteiger partial charge in [0.05, 0.1) is 8.41 Å². The molecule has 1 heteroatoms. The summed E-state index contributed by atoms with van der Waals surface area (Å²) in [5.41, 5.74) is 0. The Morgan fingerprint density at radius 3 is 1.75 bits per heavy atom. The van der Waals surface area contributed by atoms with Gasteiger partial charge in [0.25, 0.3) is 0 Å². The Balaban J connectivity index is 0.000000490. The third-order valence-corrected chi connectivity index (χ3v) is 0.878. The summed E-state index contributed by atoms with van der Waals surface area (Å²) >= 11 is 0. The van der Waals surface area contributed by atoms with Gasteiger partial charge in [0.15, 0.2) is 0 Å². The van der Waals surface area contributed by atoms with Gasteiger partial charge in [0, 0.05) is 0 Å². The largest absolute Gasteiger partial charge is 0.0814 e. The normalized spacial score (nSPS) is 15.0. The lowest BCUT2D eigenvalue weighted by atomic mass is 10.4. The molecular formula is C7H11B. The van der Waals surface area contributed by atoms with Gasteiger partial charge in [0.2, 0.25) is 0 Å². The van der Waals surface area contributed by atoms with Gasteiger partial charge in [0.1, 0.15) is 0 Å². The zero-order valence-electron chi connectivity index (χ0n) is 4.17. The van der Waals surface area contributed by atoms with Crippen molar-refractivity contribution in [1.29, 1.82) is 0 Å². The van der Waals surface area contributed by atoms with Crippen molar-refractivity contribution >= 4 is 8.41 Å². The van der Waals surface area contributed by atoms with E-state index in [1.807, 2.05) is 12.2 Å². The van der Waals surface area contributed by atoms with Crippen molar-refractivity contribution in [2.24, 2.45) is 0 Å². The zero-order valence-corrected chi connectivity index (χ0v) is 4.17. The van der Waals surface area contributed by atoms with Crippen LogP contribution in [0.4, 0.5) is 0 Å². The van der Waals surface area contributed by atoms with E-state index >= 15 is 0 Å². The maximum absolute atomic E-state index is 2.12. The summed E-state index contributed by atoms with van der Waals surface area (Å²) in [7, 11) is 0. The Morgan fingerprint density at radius 1 is 0.750 bits per heavy atom. The van der Waals surface area contributed by atoms with Crippen LogP contribution in [0, 0.1) is 0 Å². The van der Waals surface area contributed by atoms with E-state index in [1.54, 1.807) is 0 Å². The lowest BCUT2D eigenvalue weighted by Gasteiger charge is -1.69. The Labute approximate surface area is 52.2 Å². The highest BCUT2D eigenvalue weighted by Crippen LogP contribution is 1.91. The topological polar surface area (TPSA) is 0 Å². The van der Waals surface area contributed by atoms with Gasteiger partial charge in [-0.25, -0.2) is 0 Å². The first-order valence-corrected chi connectivity index (χ1v) is 2.48. The fraction of sp³-hybridized carbons (Fsp3) is 0.143. The van der Waals surface area contributed by atoms with Crippen LogP contribution < -0.4 is 0 Å². The molecule has 8 heavy (non-hydrogen) atoms. The van der Waals surface area contributed by atoms with Gasteiger partial charge in [-0.2, -0.15) is 0 Å². The van der Waals surface area contributed by atoms with Gasteiger partial charge >= 0.3 is 0 Å². The van der Waals surface area contributed by atoms with E-state index in [4.69, 9.17) is 0 Å². The summed E-state index contributed by atoms with van der Waals surface area (Å²) in [6.45, 7) is 0. The van der Waals surface area contributed by atoms with Crippen LogP contribution in [0.25, 0.3) is 0 Å². The summed E-state index contributed by atoms with van der Waals surface area (Å²) in [5.74, 6) is 0. The molecular weight excluding hydrogens is 94.9 g/mol. The summed E-state index contributed by atoms with van der Waals surface area (Å²) in [5, 5.41) is 0. The SMILES string of the molecule is B.C1=CC=CCC=C1. The molecule has 0 amide bonds. The molecule has 0 saturated carbocycles. The Bertz CT molecular complexity index is 106. The highest BCUT2D eigenvalue weighted by molar-refractivity contribution is 5.75. The molecule has 0 heterocycles. The van der Waals surface area contributed by atoms with Gasteiger partial charge in [-0.3, -0.25) is 0 Å². The van der Waals surface area contributed by atoms with Crippen LogP contribution in [0.1, 0.15) is 6.42 Å². The molecule has 0 saturated heterocycles. The smallest absolute Gasteiger partial charge is 0.0807 e. The molecule has 0 N–H and O–H groups in total. The maximum Gasteiger partial charge on any atom is 0.0814 e. The minimum Gasteiger partial charge on any atom is -0.0807 e. The average Bonchev–Trinajstić information content (AvgIpc) is 1.90. The molecule has 0 aliphatic heterocycles. The van der Waals surface area contributed by atoms with Gasteiger partial charge < -0.3 is 0 Å². The first kappa shape index (κ1) is 7.28. The van der Waals surface area contributed by atoms with Gasteiger partial charge in [-0.05, 0) is 6.42 Å². The lowest BCUT2D eigenvalue weighted by molar-refractivity contribution is 1.41. The zero-order chi connectivity index (χ0) is 4.95. The number of rotatable bonds is 0. The quantitative estimate of drug-likeness (QED) is 0.402. The maximum atomic E-state index is 2.12. The summed E-state index contributed by atoms with van der Waals surface area (Å²) in [4.78, 5) is 0. The molecule has 0 bridgehead atoms. The van der Waals surface area contributed by atoms with E-state index in [0.717, 1.165) is 6.42 Å². The minimum atomic E-state index is 0. The molecule has 1 aliphatic rings. The summed E-state index contributed by atoms with van der Waals surface area (Å²) < 4.78 is 0. The molecule has 0 unspecified atom stereocenters. The van der Waals surface area contributed by atoms with Crippen LogP contribution in [0.3, 0.4) is 0 Å². The van der Waals surface area contributed by atoms with E-state index in [2.05, 4.69) is 24.3 Å². The predicted octanol–water partition coefficient (Wildman–Crippen LogP) is 0.875. The Kier molecular flexibility index (Phi) is 4.05. The number of hydrogen-bond acceptors (Lipinski definition) is 0. The monoisotopic (exact) mass is 106 g/mol. The Morgan fingerprint density at radius 2 is 1.25 bits per heavy atom. The lowest BCUT2D eigenvalue weighted by Crippen LogP contribution is -1.48. The second-order valence-electron chi connectivity index (χ2n) is 1.48. The van der Waals surface area contributed by atoms with E-state index in [1.165, 1.54) is 0 Å². The van der Waals surface area contributed by atoms with Crippen LogP contribution in [-0.2, 0) is 0 Å². The Hall–Kier alpha value is -0.715. The van der Waals surface area contributed by atoms with E-state index < -0.39 is 0 Å². The van der Waals surface area contributed by atoms with Crippen molar-refractivity contribution in [3.63, 3.8) is 0 Å². The molecule has 0 aromatic rings. The fourth-order valence-electron chi connectivity index (χ4n) is 0.521. The van der Waals surface area contributed by atoms with Crippen LogP contribution in [0.2, 0.25) is 0 Å². The molecule has 0 fully saturated rings. The molecule has 0 nitrogen and oxygen atoms in total. The molecule has 0 radical (unpaired) electrons. The first-order valence-electron chi connectivity index (χ1n) is 2.48. The molecule has 1 aliphatic carbocycles. The molecule has 0 aromatic heterocycles. The third kappa shape index (κ3) is 2.46. The van der Waals surface area contributed by atoms with Crippen molar-refractivity contribution in [3.05, 3.63) is 36.5 Å². The molecule has 1 rings (SSSR count). The highest BCUT2D eigenvalue weighted by atomic mass is 13.8. The average molecular weight is 106 g/mol. The standard InChI is InChI=1S/C7H8.BH3/c1-2-4-6-7-5-3-1;/h1-6H,7H2;1H3. The van der Waals surface area contributed by atoms with Crippen molar-refractivity contribution < 1.29 is 0 Å². The van der Waals surface area contributed by atoms with Crippen LogP contribution in [0.15, 0.2) is 36.5 Å². The number of hydrogen-bond donors (Lipinski definition) is 0. The molecule has 0 spiro atoms. The third-order valence-electron chi connectivity index (χ3n) is 0.878. The van der Waals surface area contributed by atoms with Crippen molar-refractivity contribution in [3.8, 4) is 0 Å². The first-order chi connectivity index (χ1) is 3.50. The molecule has 0 aromatic carbocycles. The van der Waals surface area contributed by atoms with E-state index in [0.29, 0.717) is 0 Å². The summed E-state index contributed by atoms with van der Waals surface area (Å²) in [6.07, 6.45) is 13.5. The van der Waals surface area contributed by atoms with Crippen molar-refractivity contribution in [2.45, 2.75) is 6.42 Å². The predicted molar refractivity (Wildman–Crippen MR) is 42.0 cm³/mol. The summed E-state index contributed by atoms with van der Waals surface area (Å²) in [6, 6.07) is 0. The van der Waals surface area contributed by atoms with Crippen LogP contribution in [0.5, 0.6) is 0 Å². The van der Waals surface area contributed by atoms with Crippen molar-refractivity contribution in [2.75, 3.05) is 0 Å². The highest BCUT2D eigenvalue weighted by Gasteiger charge is 1.70. The van der Waals surface area contributed by atoms with Crippen molar-refractivity contribution in [1.82, 2.24) is 0 Å².